The van der Waals surface area contributed by atoms with Crippen molar-refractivity contribution in [3.05, 3.63) is 52.3 Å². The number of nitrogens with one attached hydrogen (secondary N) is 4. The highest BCUT2D eigenvalue weighted by atomic mass is 35.5. The number of carbonyl (C=O) groups excluding carboxylic acids is 5. The van der Waals surface area contributed by atoms with Gasteiger partial charge in [-0.2, -0.15) is 0 Å². The lowest BCUT2D eigenvalue weighted by molar-refractivity contribution is -0.136. The predicted octanol–water partition coefficient (Wildman–Crippen LogP) is 4.39. The van der Waals surface area contributed by atoms with Crippen molar-refractivity contribution in [2.75, 3.05) is 30.8 Å². The number of likely N-dealkylation sites (tertiary alicyclic amines) is 1. The number of rotatable bonds is 11. The van der Waals surface area contributed by atoms with Gasteiger partial charge < -0.3 is 15.6 Å². The zero-order valence-corrected chi connectivity index (χ0v) is 25.8. The molecule has 2 atom stereocenters. The van der Waals surface area contributed by atoms with Gasteiger partial charge in [0.05, 0.1) is 33.4 Å². The van der Waals surface area contributed by atoms with Crippen LogP contribution in [-0.4, -0.2) is 75.5 Å². The van der Waals surface area contributed by atoms with Crippen molar-refractivity contribution in [1.82, 2.24) is 25.1 Å². The molecule has 1 aromatic carbocycles. The molecule has 3 aliphatic heterocycles. The summed E-state index contributed by atoms with van der Waals surface area (Å²) in [7, 11) is 2.10. The molecule has 0 aliphatic carbocycles. The molecule has 236 valence electrons. The number of piperidine rings is 1. The zero-order chi connectivity index (χ0) is 31.7. The third-order valence-electron chi connectivity index (χ3n) is 8.88. The largest absolute Gasteiger partial charge is 0.384 e. The number of amides is 5. The van der Waals surface area contributed by atoms with Crippen LogP contribution < -0.4 is 16.0 Å². The Hall–Kier alpha value is -4.29. The molecule has 5 heterocycles. The molecule has 12 nitrogen and oxygen atoms in total. The van der Waals surface area contributed by atoms with Crippen molar-refractivity contribution in [3.63, 3.8) is 0 Å². The van der Waals surface area contributed by atoms with Crippen LogP contribution >= 0.6 is 11.6 Å². The number of aromatic nitrogens is 2. The first-order valence-corrected chi connectivity index (χ1v) is 15.9. The number of carbonyl (C=O) groups is 5. The van der Waals surface area contributed by atoms with Gasteiger partial charge in [0.25, 0.3) is 11.8 Å². The summed E-state index contributed by atoms with van der Waals surface area (Å²) in [5.74, 6) is -1.71. The molecular formula is C32H36ClN7O5. The maximum Gasteiger partial charge on any atom is 0.264 e. The van der Waals surface area contributed by atoms with Crippen LogP contribution in [0.25, 0.3) is 10.9 Å². The number of anilines is 2. The minimum atomic E-state index is -0.998. The number of H-pyrrole nitrogens is 1. The normalized spacial score (nSPS) is 20.2. The first-order valence-electron chi connectivity index (χ1n) is 15.5. The Labute approximate surface area is 265 Å². The molecule has 5 amide bonds. The number of nitrogens with zero attached hydrogens (tertiary/aromatic N) is 3. The second-order valence-electron chi connectivity index (χ2n) is 11.9. The fourth-order valence-electron chi connectivity index (χ4n) is 6.51. The highest BCUT2D eigenvalue weighted by Gasteiger charge is 2.45. The standard InChI is InChI=1S/C32H36ClN7O5/c1-39-15-7-10-22(39)29-28(33)19-17-35-24(16-21(19)36-29)37-25(41)11-4-2-3-5-14-34-20-9-6-8-18-27(20)32(45)40(31(18)44)23-12-13-26(42)38-30(23)43/h6,8-9,16-17,22-23,34,36H,2-5,7,10-15H2,1H3,(H,35,37,41)(H,38,42,43)/t22-,23?/m1/s1. The van der Waals surface area contributed by atoms with Crippen LogP contribution in [0, 0.1) is 0 Å². The van der Waals surface area contributed by atoms with Crippen LogP contribution in [-0.2, 0) is 14.4 Å². The lowest BCUT2D eigenvalue weighted by Crippen LogP contribution is -2.54. The number of benzene rings is 1. The minimum absolute atomic E-state index is 0.0747. The van der Waals surface area contributed by atoms with Gasteiger partial charge in [0.2, 0.25) is 17.7 Å². The topological polar surface area (TPSA) is 157 Å². The molecule has 1 unspecified atom stereocenters. The molecule has 0 radical (unpaired) electrons. The van der Waals surface area contributed by atoms with Gasteiger partial charge in [-0.05, 0) is 57.8 Å². The molecule has 6 rings (SSSR count). The summed E-state index contributed by atoms with van der Waals surface area (Å²) in [5, 5.41) is 9.89. The van der Waals surface area contributed by atoms with E-state index in [0.29, 0.717) is 29.5 Å². The van der Waals surface area contributed by atoms with Crippen molar-refractivity contribution in [3.8, 4) is 0 Å². The molecule has 0 saturated carbocycles. The number of hydrogen-bond acceptors (Lipinski definition) is 8. The first kappa shape index (κ1) is 30.7. The molecule has 2 aromatic heterocycles. The monoisotopic (exact) mass is 633 g/mol. The van der Waals surface area contributed by atoms with E-state index in [1.807, 2.05) is 6.07 Å². The fourth-order valence-corrected chi connectivity index (χ4v) is 6.83. The number of unbranched alkanes of at least 4 members (excludes halogenated alkanes) is 3. The highest BCUT2D eigenvalue weighted by Crippen LogP contribution is 2.38. The fraction of sp³-hybridized carbons (Fsp3) is 0.438. The lowest BCUT2D eigenvalue weighted by Gasteiger charge is -2.27. The van der Waals surface area contributed by atoms with E-state index < -0.39 is 29.7 Å². The van der Waals surface area contributed by atoms with Gasteiger partial charge in [0.15, 0.2) is 0 Å². The molecule has 0 spiro atoms. The van der Waals surface area contributed by atoms with Crippen molar-refractivity contribution >= 4 is 63.5 Å². The van der Waals surface area contributed by atoms with Gasteiger partial charge in [-0.1, -0.05) is 30.5 Å². The Morgan fingerprint density at radius 2 is 1.89 bits per heavy atom. The summed E-state index contributed by atoms with van der Waals surface area (Å²) in [6.45, 7) is 1.61. The maximum absolute atomic E-state index is 13.2. The molecule has 4 N–H and O–H groups in total. The van der Waals surface area contributed by atoms with Crippen LogP contribution in [0.3, 0.4) is 0 Å². The Bertz CT molecular complexity index is 1690. The Balaban J connectivity index is 0.944. The van der Waals surface area contributed by atoms with E-state index in [1.165, 1.54) is 0 Å². The van der Waals surface area contributed by atoms with E-state index in [2.05, 4.69) is 37.9 Å². The van der Waals surface area contributed by atoms with Crippen molar-refractivity contribution in [1.29, 1.82) is 0 Å². The first-order chi connectivity index (χ1) is 21.7. The van der Waals surface area contributed by atoms with Crippen LogP contribution in [0.15, 0.2) is 30.5 Å². The van der Waals surface area contributed by atoms with Crippen molar-refractivity contribution < 1.29 is 24.0 Å². The number of aromatic amines is 1. The number of halogens is 1. The van der Waals surface area contributed by atoms with Crippen LogP contribution in [0.5, 0.6) is 0 Å². The number of imide groups is 2. The average molecular weight is 634 g/mol. The SMILES string of the molecule is CN1CCC[C@@H]1c1[nH]c2cc(NC(=O)CCCCCCNc3cccc4c3C(=O)N(C3CCC(=O)NC3=O)C4=O)ncc2c1Cl. The van der Waals surface area contributed by atoms with Gasteiger partial charge in [0.1, 0.15) is 11.9 Å². The maximum atomic E-state index is 13.2. The van der Waals surface area contributed by atoms with Gasteiger partial charge in [-0.15, -0.1) is 0 Å². The molecule has 0 bridgehead atoms. The third kappa shape index (κ3) is 6.16. The van der Waals surface area contributed by atoms with Gasteiger partial charge >= 0.3 is 0 Å². The quantitative estimate of drug-likeness (QED) is 0.179. The number of hydrogen-bond donors (Lipinski definition) is 4. The summed E-state index contributed by atoms with van der Waals surface area (Å²) in [6, 6.07) is 6.10. The highest BCUT2D eigenvalue weighted by molar-refractivity contribution is 6.36. The summed E-state index contributed by atoms with van der Waals surface area (Å²) < 4.78 is 0. The third-order valence-corrected chi connectivity index (χ3v) is 9.29. The molecule has 13 heteroatoms. The van der Waals surface area contributed by atoms with Crippen LogP contribution in [0.4, 0.5) is 11.5 Å². The van der Waals surface area contributed by atoms with E-state index in [4.69, 9.17) is 11.6 Å². The summed E-state index contributed by atoms with van der Waals surface area (Å²) in [5.41, 5.74) is 2.88. The molecule has 45 heavy (non-hydrogen) atoms. The van der Waals surface area contributed by atoms with E-state index in [1.54, 1.807) is 24.4 Å². The van der Waals surface area contributed by atoms with Crippen molar-refractivity contribution in [2.45, 2.75) is 69.9 Å². The van der Waals surface area contributed by atoms with Gasteiger partial charge in [-0.3, -0.25) is 39.1 Å². The second-order valence-corrected chi connectivity index (χ2v) is 12.3. The van der Waals surface area contributed by atoms with Crippen LogP contribution in [0.1, 0.15) is 90.2 Å². The Morgan fingerprint density at radius 3 is 2.67 bits per heavy atom. The molecule has 3 aromatic rings. The van der Waals surface area contributed by atoms with Gasteiger partial charge in [-0.25, -0.2) is 4.98 Å². The minimum Gasteiger partial charge on any atom is -0.384 e. The summed E-state index contributed by atoms with van der Waals surface area (Å²) in [4.78, 5) is 73.7. The van der Waals surface area contributed by atoms with E-state index in [9.17, 15) is 24.0 Å². The second kappa shape index (κ2) is 13.0. The predicted molar refractivity (Wildman–Crippen MR) is 169 cm³/mol. The Morgan fingerprint density at radius 1 is 1.07 bits per heavy atom. The average Bonchev–Trinajstić information content (AvgIpc) is 3.66. The molecule has 3 aliphatic rings. The molecule has 2 fully saturated rings. The van der Waals surface area contributed by atoms with E-state index in [-0.39, 0.29) is 35.9 Å². The lowest BCUT2D eigenvalue weighted by atomic mass is 10.0. The summed E-state index contributed by atoms with van der Waals surface area (Å²) >= 11 is 6.65. The van der Waals surface area contributed by atoms with E-state index >= 15 is 0 Å². The van der Waals surface area contributed by atoms with Gasteiger partial charge in [0, 0.05) is 42.7 Å². The Kier molecular flexibility index (Phi) is 8.86. The zero-order valence-electron chi connectivity index (χ0n) is 25.1. The number of fused-ring (bicyclic) bond motifs is 2. The van der Waals surface area contributed by atoms with Crippen molar-refractivity contribution in [2.24, 2.45) is 0 Å². The van der Waals surface area contributed by atoms with Crippen LogP contribution in [0.2, 0.25) is 5.02 Å². The smallest absolute Gasteiger partial charge is 0.264 e. The molecule has 2 saturated heterocycles. The van der Waals surface area contributed by atoms with E-state index in [0.717, 1.165) is 66.6 Å². The summed E-state index contributed by atoms with van der Waals surface area (Å²) in [6.07, 6.45) is 7.68. The number of pyridine rings is 1. The molecular weight excluding hydrogens is 598 g/mol.